The second kappa shape index (κ2) is 8.25. The van der Waals surface area contributed by atoms with Gasteiger partial charge >= 0.3 is 0 Å². The second-order valence-corrected chi connectivity index (χ2v) is 6.74. The summed E-state index contributed by atoms with van der Waals surface area (Å²) in [5.74, 6) is 0.634. The zero-order valence-corrected chi connectivity index (χ0v) is 14.0. The van der Waals surface area contributed by atoms with Crippen LogP contribution in [0.2, 0.25) is 0 Å². The molecular weight excluding hydrogens is 348 g/mol. The van der Waals surface area contributed by atoms with E-state index in [-0.39, 0.29) is 18.3 Å². The Balaban J connectivity index is 0.00000180. The van der Waals surface area contributed by atoms with Gasteiger partial charge in [0.1, 0.15) is 0 Å². The zero-order valence-electron chi connectivity index (χ0n) is 10.7. The molecule has 19 heavy (non-hydrogen) atoms. The molecule has 0 spiro atoms. The summed E-state index contributed by atoms with van der Waals surface area (Å²) < 4.78 is 1.10. The number of rotatable bonds is 5. The van der Waals surface area contributed by atoms with Crippen molar-refractivity contribution in [2.75, 3.05) is 6.54 Å². The molecule has 1 aliphatic rings. The van der Waals surface area contributed by atoms with Gasteiger partial charge < -0.3 is 11.1 Å². The van der Waals surface area contributed by atoms with Gasteiger partial charge in [-0.2, -0.15) is 0 Å². The van der Waals surface area contributed by atoms with Crippen molar-refractivity contribution < 1.29 is 4.79 Å². The number of carbonyl (C=O) groups excluding carboxylic acids is 1. The van der Waals surface area contributed by atoms with E-state index in [1.165, 1.54) is 11.3 Å². The van der Waals surface area contributed by atoms with Gasteiger partial charge in [-0.25, -0.2) is 0 Å². The summed E-state index contributed by atoms with van der Waals surface area (Å²) in [6.45, 7) is 0.683. The van der Waals surface area contributed by atoms with Gasteiger partial charge in [-0.3, -0.25) is 4.79 Å². The first-order valence-electron chi connectivity index (χ1n) is 6.41. The highest BCUT2D eigenvalue weighted by Gasteiger charge is 2.26. The third-order valence-electron chi connectivity index (χ3n) is 3.53. The highest BCUT2D eigenvalue weighted by Crippen LogP contribution is 2.25. The summed E-state index contributed by atoms with van der Waals surface area (Å²) in [7, 11) is 0. The average molecular weight is 368 g/mol. The van der Waals surface area contributed by atoms with Crippen LogP contribution < -0.4 is 11.1 Å². The number of halogens is 2. The van der Waals surface area contributed by atoms with Crippen LogP contribution in [0.15, 0.2) is 15.9 Å². The van der Waals surface area contributed by atoms with E-state index in [9.17, 15) is 4.79 Å². The van der Waals surface area contributed by atoms with Crippen molar-refractivity contribution in [3.63, 3.8) is 0 Å². The van der Waals surface area contributed by atoms with Crippen molar-refractivity contribution in [2.45, 2.75) is 38.1 Å². The van der Waals surface area contributed by atoms with Crippen LogP contribution >= 0.6 is 39.7 Å². The Labute approximate surface area is 132 Å². The molecule has 1 aromatic heterocycles. The topological polar surface area (TPSA) is 55.1 Å². The molecule has 2 rings (SSSR count). The van der Waals surface area contributed by atoms with E-state index in [4.69, 9.17) is 5.73 Å². The number of nitrogens with one attached hydrogen (secondary N) is 1. The van der Waals surface area contributed by atoms with Crippen molar-refractivity contribution in [3.05, 3.63) is 20.8 Å². The molecule has 0 saturated heterocycles. The minimum Gasteiger partial charge on any atom is -0.353 e. The van der Waals surface area contributed by atoms with Gasteiger partial charge in [-0.1, -0.05) is 6.42 Å². The van der Waals surface area contributed by atoms with Gasteiger partial charge in [0, 0.05) is 27.2 Å². The van der Waals surface area contributed by atoms with Gasteiger partial charge in [0.25, 0.3) is 0 Å². The fraction of sp³-hybridized carbons (Fsp3) is 0.615. The molecule has 0 aromatic carbocycles. The van der Waals surface area contributed by atoms with Gasteiger partial charge in [0.15, 0.2) is 0 Å². The summed E-state index contributed by atoms with van der Waals surface area (Å²) >= 11 is 5.12. The van der Waals surface area contributed by atoms with Crippen molar-refractivity contribution >= 4 is 45.6 Å². The standard InChI is InChI=1S/C13H19BrN2OS.ClH/c14-10-6-11(18-8-10)4-5-13(17)16-12-3-1-2-9(12)7-15;/h6,8-9,12H,1-5,7,15H2,(H,16,17);1H. The Hall–Kier alpha value is -0.100. The average Bonchev–Trinajstić information content (AvgIpc) is 2.95. The van der Waals surface area contributed by atoms with Gasteiger partial charge in [-0.05, 0) is 53.7 Å². The molecule has 3 nitrogen and oxygen atoms in total. The Morgan fingerprint density at radius 1 is 1.53 bits per heavy atom. The van der Waals surface area contributed by atoms with Crippen LogP contribution in [-0.2, 0) is 11.2 Å². The van der Waals surface area contributed by atoms with E-state index in [1.54, 1.807) is 11.3 Å². The van der Waals surface area contributed by atoms with Gasteiger partial charge in [0.05, 0.1) is 0 Å². The van der Waals surface area contributed by atoms with Crippen molar-refractivity contribution in [1.82, 2.24) is 5.32 Å². The van der Waals surface area contributed by atoms with E-state index >= 15 is 0 Å². The van der Waals surface area contributed by atoms with Gasteiger partial charge in [0.2, 0.25) is 5.91 Å². The first-order valence-corrected chi connectivity index (χ1v) is 8.08. The predicted molar refractivity (Wildman–Crippen MR) is 85.9 cm³/mol. The molecule has 6 heteroatoms. The summed E-state index contributed by atoms with van der Waals surface area (Å²) in [5.41, 5.74) is 5.71. The van der Waals surface area contributed by atoms with Crippen LogP contribution in [-0.4, -0.2) is 18.5 Å². The Morgan fingerprint density at radius 3 is 2.95 bits per heavy atom. The van der Waals surface area contributed by atoms with Gasteiger partial charge in [-0.15, -0.1) is 23.7 Å². The van der Waals surface area contributed by atoms with Crippen LogP contribution in [0.5, 0.6) is 0 Å². The van der Waals surface area contributed by atoms with Crippen LogP contribution in [0.3, 0.4) is 0 Å². The normalized spacial score (nSPS) is 22.0. The lowest BCUT2D eigenvalue weighted by atomic mass is 10.0. The lowest BCUT2D eigenvalue weighted by molar-refractivity contribution is -0.121. The summed E-state index contributed by atoms with van der Waals surface area (Å²) in [4.78, 5) is 13.1. The van der Waals surface area contributed by atoms with E-state index in [0.29, 0.717) is 24.9 Å². The Morgan fingerprint density at radius 2 is 2.32 bits per heavy atom. The van der Waals surface area contributed by atoms with Crippen molar-refractivity contribution in [2.24, 2.45) is 11.7 Å². The van der Waals surface area contributed by atoms with E-state index < -0.39 is 0 Å². The minimum atomic E-state index is 0. The summed E-state index contributed by atoms with van der Waals surface area (Å²) in [5, 5.41) is 5.18. The molecule has 108 valence electrons. The largest absolute Gasteiger partial charge is 0.353 e. The number of aryl methyl sites for hydroxylation is 1. The molecule has 1 amide bonds. The Bertz CT molecular complexity index is 413. The number of hydrogen-bond donors (Lipinski definition) is 2. The smallest absolute Gasteiger partial charge is 0.220 e. The number of nitrogens with two attached hydrogens (primary N) is 1. The minimum absolute atomic E-state index is 0. The molecular formula is C13H20BrClN2OS. The summed E-state index contributed by atoms with van der Waals surface area (Å²) in [6.07, 6.45) is 4.81. The van der Waals surface area contributed by atoms with E-state index in [0.717, 1.165) is 23.7 Å². The molecule has 2 unspecified atom stereocenters. The molecule has 1 aliphatic carbocycles. The first kappa shape index (κ1) is 17.0. The molecule has 1 aromatic rings. The first-order chi connectivity index (χ1) is 8.69. The zero-order chi connectivity index (χ0) is 13.0. The van der Waals surface area contributed by atoms with E-state index in [1.807, 2.05) is 0 Å². The highest BCUT2D eigenvalue weighted by molar-refractivity contribution is 9.10. The maximum absolute atomic E-state index is 11.9. The van der Waals surface area contributed by atoms with Crippen LogP contribution in [0.1, 0.15) is 30.6 Å². The van der Waals surface area contributed by atoms with Crippen LogP contribution in [0.25, 0.3) is 0 Å². The molecule has 0 radical (unpaired) electrons. The molecule has 0 bridgehead atoms. The van der Waals surface area contributed by atoms with Crippen molar-refractivity contribution in [3.8, 4) is 0 Å². The van der Waals surface area contributed by atoms with Crippen molar-refractivity contribution in [1.29, 1.82) is 0 Å². The maximum Gasteiger partial charge on any atom is 0.220 e. The number of amides is 1. The number of thiophene rings is 1. The second-order valence-electron chi connectivity index (χ2n) is 4.83. The monoisotopic (exact) mass is 366 g/mol. The van der Waals surface area contributed by atoms with Crippen LogP contribution in [0.4, 0.5) is 0 Å². The number of hydrogen-bond acceptors (Lipinski definition) is 3. The fourth-order valence-electron chi connectivity index (χ4n) is 2.51. The predicted octanol–water partition coefficient (Wildman–Crippen LogP) is 3.11. The molecule has 2 atom stereocenters. The number of carbonyl (C=O) groups is 1. The molecule has 1 saturated carbocycles. The van der Waals surface area contributed by atoms with Crippen LogP contribution in [0, 0.1) is 5.92 Å². The summed E-state index contributed by atoms with van der Waals surface area (Å²) in [6, 6.07) is 2.38. The molecule has 1 heterocycles. The Kier molecular flexibility index (Phi) is 7.36. The highest BCUT2D eigenvalue weighted by atomic mass is 79.9. The third kappa shape index (κ3) is 5.06. The lowest BCUT2D eigenvalue weighted by Crippen LogP contribution is -2.39. The molecule has 1 fully saturated rings. The quantitative estimate of drug-likeness (QED) is 0.840. The fourth-order valence-corrected chi connectivity index (χ4v) is 3.96. The lowest BCUT2D eigenvalue weighted by Gasteiger charge is -2.19. The maximum atomic E-state index is 11.9. The third-order valence-corrected chi connectivity index (χ3v) is 5.29. The molecule has 0 aliphatic heterocycles. The van der Waals surface area contributed by atoms with E-state index in [2.05, 4.69) is 32.7 Å². The SMILES string of the molecule is Cl.NCC1CCCC1NC(=O)CCc1cc(Br)cs1. The molecule has 3 N–H and O–H groups in total.